The maximum atomic E-state index is 12.5. The third-order valence-electron chi connectivity index (χ3n) is 3.16. The number of aliphatic hydroxyl groups excluding tert-OH is 1. The molecule has 1 aromatic carbocycles. The normalized spacial score (nSPS) is 20.8. The van der Waals surface area contributed by atoms with E-state index >= 15 is 0 Å². The largest absolute Gasteiger partial charge is 0.478 e. The first-order valence-electron chi connectivity index (χ1n) is 6.03. The van der Waals surface area contributed by atoms with Crippen LogP contribution in [0, 0.1) is 0 Å². The molecule has 1 aliphatic heterocycles. The number of piperidine rings is 1. The molecule has 0 bridgehead atoms. The number of halogens is 1. The minimum Gasteiger partial charge on any atom is -0.478 e. The molecule has 110 valence electrons. The van der Waals surface area contributed by atoms with Crippen molar-refractivity contribution in [2.24, 2.45) is 0 Å². The van der Waals surface area contributed by atoms with Crippen LogP contribution in [0.25, 0.3) is 0 Å². The Morgan fingerprint density at radius 2 is 2.10 bits per heavy atom. The van der Waals surface area contributed by atoms with Crippen LogP contribution in [0.4, 0.5) is 0 Å². The van der Waals surface area contributed by atoms with Crippen molar-refractivity contribution in [2.75, 3.05) is 13.1 Å². The Labute approximate surface area is 125 Å². The number of sulfonamides is 1. The van der Waals surface area contributed by atoms with Gasteiger partial charge in [-0.3, -0.25) is 0 Å². The molecule has 1 aromatic rings. The van der Waals surface area contributed by atoms with Gasteiger partial charge < -0.3 is 10.2 Å². The summed E-state index contributed by atoms with van der Waals surface area (Å²) < 4.78 is 26.5. The van der Waals surface area contributed by atoms with E-state index in [1.54, 1.807) is 0 Å². The number of carbonyl (C=O) groups is 1. The molecular weight excluding hydrogens is 350 g/mol. The van der Waals surface area contributed by atoms with Gasteiger partial charge in [-0.05, 0) is 47.0 Å². The van der Waals surface area contributed by atoms with E-state index in [1.807, 2.05) is 0 Å². The van der Waals surface area contributed by atoms with Gasteiger partial charge in [-0.15, -0.1) is 0 Å². The van der Waals surface area contributed by atoms with Crippen molar-refractivity contribution in [3.8, 4) is 0 Å². The lowest BCUT2D eigenvalue weighted by Gasteiger charge is -2.29. The molecule has 8 heteroatoms. The minimum absolute atomic E-state index is 0.0338. The van der Waals surface area contributed by atoms with Crippen LogP contribution >= 0.6 is 15.9 Å². The predicted molar refractivity (Wildman–Crippen MR) is 75.1 cm³/mol. The highest BCUT2D eigenvalue weighted by molar-refractivity contribution is 9.10. The Bertz CT molecular complexity index is 631. The Morgan fingerprint density at radius 1 is 1.40 bits per heavy atom. The summed E-state index contributed by atoms with van der Waals surface area (Å²) in [4.78, 5) is 10.9. The molecule has 6 nitrogen and oxygen atoms in total. The van der Waals surface area contributed by atoms with Crippen molar-refractivity contribution in [3.63, 3.8) is 0 Å². The van der Waals surface area contributed by atoms with E-state index in [-0.39, 0.29) is 17.0 Å². The number of hydrogen-bond acceptors (Lipinski definition) is 4. The van der Waals surface area contributed by atoms with Crippen LogP contribution in [0.15, 0.2) is 27.6 Å². The molecule has 0 radical (unpaired) electrons. The molecule has 0 amide bonds. The fourth-order valence-corrected chi connectivity index (χ4v) is 4.58. The van der Waals surface area contributed by atoms with Crippen molar-refractivity contribution in [1.29, 1.82) is 0 Å². The van der Waals surface area contributed by atoms with Gasteiger partial charge >= 0.3 is 5.97 Å². The molecule has 0 saturated carbocycles. The van der Waals surface area contributed by atoms with Gasteiger partial charge in [0.15, 0.2) is 0 Å². The zero-order valence-corrected chi connectivity index (χ0v) is 12.9. The van der Waals surface area contributed by atoms with Crippen molar-refractivity contribution in [2.45, 2.75) is 23.8 Å². The van der Waals surface area contributed by atoms with E-state index in [0.717, 1.165) is 6.07 Å². The molecular formula is C12H14BrNO5S. The van der Waals surface area contributed by atoms with E-state index in [1.165, 1.54) is 16.4 Å². The summed E-state index contributed by atoms with van der Waals surface area (Å²) in [5.74, 6) is -1.19. The summed E-state index contributed by atoms with van der Waals surface area (Å²) in [5, 5.41) is 18.5. The Kier molecular flexibility index (Phi) is 4.48. The summed E-state index contributed by atoms with van der Waals surface area (Å²) in [5.41, 5.74) is -0.0932. The molecule has 1 saturated heterocycles. The maximum absolute atomic E-state index is 12.5. The van der Waals surface area contributed by atoms with Gasteiger partial charge in [-0.2, -0.15) is 4.31 Å². The first-order valence-corrected chi connectivity index (χ1v) is 8.26. The monoisotopic (exact) mass is 363 g/mol. The van der Waals surface area contributed by atoms with Crippen LogP contribution in [0.1, 0.15) is 23.2 Å². The highest BCUT2D eigenvalue weighted by atomic mass is 79.9. The lowest BCUT2D eigenvalue weighted by molar-refractivity contribution is 0.0696. The molecule has 1 heterocycles. The molecule has 2 N–H and O–H groups in total. The molecule has 1 fully saturated rings. The highest BCUT2D eigenvalue weighted by Crippen LogP contribution is 2.28. The quantitative estimate of drug-likeness (QED) is 0.843. The van der Waals surface area contributed by atoms with Crippen LogP contribution in [-0.2, 0) is 10.0 Å². The van der Waals surface area contributed by atoms with E-state index < -0.39 is 22.1 Å². The first-order chi connectivity index (χ1) is 9.32. The van der Waals surface area contributed by atoms with Gasteiger partial charge in [0.25, 0.3) is 0 Å². The Hall–Kier alpha value is -0.960. The van der Waals surface area contributed by atoms with Crippen LogP contribution in [0.3, 0.4) is 0 Å². The molecule has 1 unspecified atom stereocenters. The highest BCUT2D eigenvalue weighted by Gasteiger charge is 2.31. The van der Waals surface area contributed by atoms with Gasteiger partial charge in [0, 0.05) is 17.6 Å². The molecule has 1 aliphatic rings. The third kappa shape index (κ3) is 3.03. The van der Waals surface area contributed by atoms with Gasteiger partial charge in [0.05, 0.1) is 16.6 Å². The summed E-state index contributed by atoms with van der Waals surface area (Å²) >= 11 is 3.14. The molecule has 1 atom stereocenters. The lowest BCUT2D eigenvalue weighted by Crippen LogP contribution is -2.42. The van der Waals surface area contributed by atoms with Crippen LogP contribution in [-0.4, -0.2) is 48.1 Å². The standard InChI is InChI=1S/C12H14BrNO5S/c13-10-4-3-8(12(16)17)6-11(10)20(18,19)14-5-1-2-9(15)7-14/h3-4,6,9,15H,1-2,5,7H2,(H,16,17). The second-order valence-electron chi connectivity index (χ2n) is 4.61. The maximum Gasteiger partial charge on any atom is 0.335 e. The van der Waals surface area contributed by atoms with Crippen LogP contribution in [0.5, 0.6) is 0 Å². The summed E-state index contributed by atoms with van der Waals surface area (Å²) in [6.07, 6.45) is 0.471. The number of aliphatic hydroxyl groups is 1. The summed E-state index contributed by atoms with van der Waals surface area (Å²) in [6.45, 7) is 0.356. The molecule has 20 heavy (non-hydrogen) atoms. The average molecular weight is 364 g/mol. The molecule has 2 rings (SSSR count). The second-order valence-corrected chi connectivity index (χ2v) is 7.37. The van der Waals surface area contributed by atoms with Crippen LogP contribution in [0.2, 0.25) is 0 Å². The minimum atomic E-state index is -3.82. The van der Waals surface area contributed by atoms with E-state index in [4.69, 9.17) is 5.11 Å². The van der Waals surface area contributed by atoms with E-state index in [0.29, 0.717) is 23.9 Å². The third-order valence-corrected chi connectivity index (χ3v) is 6.01. The Balaban J connectivity index is 2.43. The van der Waals surface area contributed by atoms with Crippen molar-refractivity contribution in [1.82, 2.24) is 4.31 Å². The number of rotatable bonds is 3. The topological polar surface area (TPSA) is 94.9 Å². The fraction of sp³-hybridized carbons (Fsp3) is 0.417. The zero-order valence-electron chi connectivity index (χ0n) is 10.5. The van der Waals surface area contributed by atoms with Gasteiger partial charge in [0.2, 0.25) is 10.0 Å². The zero-order chi connectivity index (χ0) is 14.9. The number of carboxylic acid groups (broad SMARTS) is 1. The van der Waals surface area contributed by atoms with Gasteiger partial charge in [0.1, 0.15) is 0 Å². The van der Waals surface area contributed by atoms with Crippen molar-refractivity contribution < 1.29 is 23.4 Å². The smallest absolute Gasteiger partial charge is 0.335 e. The summed E-state index contributed by atoms with van der Waals surface area (Å²) in [7, 11) is -3.82. The number of carboxylic acids is 1. The Morgan fingerprint density at radius 3 is 2.70 bits per heavy atom. The van der Waals surface area contributed by atoms with Crippen molar-refractivity contribution >= 4 is 31.9 Å². The fourth-order valence-electron chi connectivity index (χ4n) is 2.11. The molecule has 0 aliphatic carbocycles. The number of β-amino-alcohol motifs (C(OH)–C–C–N with tert-alkyl or cyclic N) is 1. The number of nitrogens with zero attached hydrogens (tertiary/aromatic N) is 1. The SMILES string of the molecule is O=C(O)c1ccc(Br)c(S(=O)(=O)N2CCCC(O)C2)c1. The van der Waals surface area contributed by atoms with E-state index in [9.17, 15) is 18.3 Å². The first kappa shape index (κ1) is 15.4. The lowest BCUT2D eigenvalue weighted by atomic mass is 10.1. The molecule has 0 spiro atoms. The van der Waals surface area contributed by atoms with E-state index in [2.05, 4.69) is 15.9 Å². The van der Waals surface area contributed by atoms with Gasteiger partial charge in [-0.25, -0.2) is 13.2 Å². The van der Waals surface area contributed by atoms with Crippen LogP contribution < -0.4 is 0 Å². The predicted octanol–water partition coefficient (Wildman–Crippen LogP) is 1.29. The van der Waals surface area contributed by atoms with Crippen molar-refractivity contribution in [3.05, 3.63) is 28.2 Å². The average Bonchev–Trinajstić information content (AvgIpc) is 2.38. The summed E-state index contributed by atoms with van der Waals surface area (Å²) in [6, 6.07) is 3.86. The molecule has 0 aromatic heterocycles. The number of hydrogen-bond donors (Lipinski definition) is 2. The number of aromatic carboxylic acids is 1. The number of benzene rings is 1. The van der Waals surface area contributed by atoms with Gasteiger partial charge in [-0.1, -0.05) is 0 Å². The second kappa shape index (κ2) is 5.80.